The number of alkyl halides is 3. The first-order valence-electron chi connectivity index (χ1n) is 9.21. The predicted molar refractivity (Wildman–Crippen MR) is 105 cm³/mol. The standard InChI is InChI=1S/C19H23F3N4O4/c1-3-9-25(17(28)12(2)30-11-19(20,21)22)14-15(23)26(18(29)24-16(14)27)10-13-7-5-4-6-8-13/h4-8,12H,3,9-11,23H2,1-2H3,(H,24,27,29). The van der Waals surface area contributed by atoms with E-state index in [9.17, 15) is 27.6 Å². The Kier molecular flexibility index (Phi) is 7.43. The second-order valence-corrected chi connectivity index (χ2v) is 6.62. The number of halogens is 3. The maximum atomic E-state index is 12.7. The number of H-pyrrole nitrogens is 1. The molecule has 11 heteroatoms. The van der Waals surface area contributed by atoms with Gasteiger partial charge in [0, 0.05) is 6.54 Å². The number of benzene rings is 1. The molecule has 8 nitrogen and oxygen atoms in total. The van der Waals surface area contributed by atoms with Gasteiger partial charge in [0.25, 0.3) is 11.5 Å². The summed E-state index contributed by atoms with van der Waals surface area (Å²) in [5.41, 5.74) is 4.81. The number of amides is 1. The van der Waals surface area contributed by atoms with Crippen LogP contribution in [-0.2, 0) is 16.1 Å². The van der Waals surface area contributed by atoms with Crippen LogP contribution >= 0.6 is 0 Å². The number of nitrogen functional groups attached to an aromatic ring is 1. The first-order chi connectivity index (χ1) is 14.0. The van der Waals surface area contributed by atoms with Gasteiger partial charge in [0.1, 0.15) is 18.5 Å². The lowest BCUT2D eigenvalue weighted by Gasteiger charge is -2.27. The second kappa shape index (κ2) is 9.61. The third-order valence-electron chi connectivity index (χ3n) is 4.23. The van der Waals surface area contributed by atoms with Crippen LogP contribution in [0.5, 0.6) is 0 Å². The summed E-state index contributed by atoms with van der Waals surface area (Å²) in [6.45, 7) is 1.28. The van der Waals surface area contributed by atoms with E-state index in [1.54, 1.807) is 37.3 Å². The van der Waals surface area contributed by atoms with Crippen LogP contribution in [0, 0.1) is 0 Å². The Hall–Kier alpha value is -3.08. The van der Waals surface area contributed by atoms with Gasteiger partial charge in [0.15, 0.2) is 5.69 Å². The zero-order chi connectivity index (χ0) is 22.5. The SMILES string of the molecule is CCCN(C(=O)C(C)OCC(F)(F)F)c1c(N)n(Cc2ccccc2)c(=O)[nH]c1=O. The number of anilines is 2. The average Bonchev–Trinajstić information content (AvgIpc) is 2.68. The normalized spacial score (nSPS) is 12.6. The molecule has 1 aromatic heterocycles. The largest absolute Gasteiger partial charge is 0.411 e. The molecule has 3 N–H and O–H groups in total. The molecule has 0 aliphatic heterocycles. The van der Waals surface area contributed by atoms with Crippen molar-refractivity contribution >= 4 is 17.4 Å². The molecule has 164 valence electrons. The molecule has 30 heavy (non-hydrogen) atoms. The highest BCUT2D eigenvalue weighted by Gasteiger charge is 2.32. The fraction of sp³-hybridized carbons (Fsp3) is 0.421. The number of hydrogen-bond acceptors (Lipinski definition) is 5. The Morgan fingerprint density at radius 1 is 1.27 bits per heavy atom. The fourth-order valence-corrected chi connectivity index (χ4v) is 2.83. The number of nitrogens with two attached hydrogens (primary N) is 1. The van der Waals surface area contributed by atoms with E-state index in [0.29, 0.717) is 6.42 Å². The van der Waals surface area contributed by atoms with Crippen molar-refractivity contribution in [2.45, 2.75) is 39.1 Å². The van der Waals surface area contributed by atoms with E-state index in [1.807, 2.05) is 0 Å². The van der Waals surface area contributed by atoms with Gasteiger partial charge < -0.3 is 15.4 Å². The first kappa shape index (κ1) is 23.2. The summed E-state index contributed by atoms with van der Waals surface area (Å²) in [6, 6.07) is 8.81. The lowest BCUT2D eigenvalue weighted by atomic mass is 10.2. The smallest absolute Gasteiger partial charge is 0.383 e. The van der Waals surface area contributed by atoms with Crippen LogP contribution in [0.1, 0.15) is 25.8 Å². The van der Waals surface area contributed by atoms with Gasteiger partial charge in [-0.2, -0.15) is 13.2 Å². The molecule has 0 radical (unpaired) electrons. The third kappa shape index (κ3) is 5.72. The molecular weight excluding hydrogens is 405 g/mol. The fourth-order valence-electron chi connectivity index (χ4n) is 2.83. The van der Waals surface area contributed by atoms with Crippen LogP contribution in [0.25, 0.3) is 0 Å². The number of hydrogen-bond donors (Lipinski definition) is 2. The Morgan fingerprint density at radius 2 is 1.90 bits per heavy atom. The number of carbonyl (C=O) groups is 1. The highest BCUT2D eigenvalue weighted by Crippen LogP contribution is 2.21. The zero-order valence-electron chi connectivity index (χ0n) is 16.5. The van der Waals surface area contributed by atoms with Gasteiger partial charge in [-0.05, 0) is 18.9 Å². The Morgan fingerprint density at radius 3 is 2.47 bits per heavy atom. The molecule has 1 amide bonds. The molecule has 1 heterocycles. The number of carbonyl (C=O) groups excluding carboxylic acids is 1. The molecule has 1 aromatic carbocycles. The molecular formula is C19H23F3N4O4. The summed E-state index contributed by atoms with van der Waals surface area (Å²) in [5, 5.41) is 0. The molecule has 2 rings (SSSR count). The summed E-state index contributed by atoms with van der Waals surface area (Å²) in [7, 11) is 0. The third-order valence-corrected chi connectivity index (χ3v) is 4.23. The predicted octanol–water partition coefficient (Wildman–Crippen LogP) is 1.88. The van der Waals surface area contributed by atoms with E-state index >= 15 is 0 Å². The molecule has 1 atom stereocenters. The van der Waals surface area contributed by atoms with Gasteiger partial charge in [-0.3, -0.25) is 19.1 Å². The summed E-state index contributed by atoms with van der Waals surface area (Å²) >= 11 is 0. The van der Waals surface area contributed by atoms with E-state index in [4.69, 9.17) is 5.73 Å². The van der Waals surface area contributed by atoms with Gasteiger partial charge in [-0.15, -0.1) is 0 Å². The highest BCUT2D eigenvalue weighted by molar-refractivity contribution is 5.98. The molecule has 0 aliphatic rings. The second-order valence-electron chi connectivity index (χ2n) is 6.62. The summed E-state index contributed by atoms with van der Waals surface area (Å²) < 4.78 is 43.0. The minimum absolute atomic E-state index is 0.00459. The van der Waals surface area contributed by atoms with E-state index in [1.165, 1.54) is 0 Å². The van der Waals surface area contributed by atoms with Crippen LogP contribution in [0.2, 0.25) is 0 Å². The Balaban J connectivity index is 2.44. The zero-order valence-corrected chi connectivity index (χ0v) is 16.5. The van der Waals surface area contributed by atoms with Crippen LogP contribution in [-0.4, -0.2) is 40.9 Å². The Bertz CT molecular complexity index is 986. The summed E-state index contributed by atoms with van der Waals surface area (Å²) in [4.78, 5) is 40.6. The number of nitrogens with one attached hydrogen (secondary N) is 1. The van der Waals surface area contributed by atoms with Gasteiger partial charge in [-0.25, -0.2) is 4.79 Å². The number of nitrogens with zero attached hydrogens (tertiary/aromatic N) is 2. The minimum Gasteiger partial charge on any atom is -0.383 e. The molecule has 2 aromatic rings. The number of rotatable bonds is 8. The van der Waals surface area contributed by atoms with Gasteiger partial charge in [-0.1, -0.05) is 37.3 Å². The van der Waals surface area contributed by atoms with Gasteiger partial charge >= 0.3 is 11.9 Å². The van der Waals surface area contributed by atoms with Crippen LogP contribution in [0.3, 0.4) is 0 Å². The maximum absolute atomic E-state index is 12.7. The molecule has 0 fully saturated rings. The lowest BCUT2D eigenvalue weighted by Crippen LogP contribution is -2.46. The van der Waals surface area contributed by atoms with E-state index in [0.717, 1.165) is 22.0 Å². The quantitative estimate of drug-likeness (QED) is 0.667. The van der Waals surface area contributed by atoms with E-state index < -0.39 is 36.0 Å². The summed E-state index contributed by atoms with van der Waals surface area (Å²) in [5.74, 6) is -1.14. The lowest BCUT2D eigenvalue weighted by molar-refractivity contribution is -0.185. The first-order valence-corrected chi connectivity index (χ1v) is 9.21. The topological polar surface area (TPSA) is 110 Å². The Labute approximate surface area is 170 Å². The molecule has 0 bridgehead atoms. The number of aromatic amines is 1. The van der Waals surface area contributed by atoms with Crippen molar-refractivity contribution in [3.8, 4) is 0 Å². The van der Waals surface area contributed by atoms with Crippen molar-refractivity contribution < 1.29 is 22.7 Å². The highest BCUT2D eigenvalue weighted by atomic mass is 19.4. The van der Waals surface area contributed by atoms with Crippen molar-refractivity contribution in [1.82, 2.24) is 9.55 Å². The average molecular weight is 428 g/mol. The van der Waals surface area contributed by atoms with Crippen LogP contribution in [0.4, 0.5) is 24.7 Å². The molecule has 0 saturated heterocycles. The van der Waals surface area contributed by atoms with Crippen molar-refractivity contribution in [1.29, 1.82) is 0 Å². The van der Waals surface area contributed by atoms with Gasteiger partial charge in [0.2, 0.25) is 0 Å². The van der Waals surface area contributed by atoms with Crippen molar-refractivity contribution in [3.05, 3.63) is 56.7 Å². The molecule has 0 spiro atoms. The van der Waals surface area contributed by atoms with Crippen molar-refractivity contribution in [2.24, 2.45) is 0 Å². The van der Waals surface area contributed by atoms with E-state index in [-0.39, 0.29) is 24.6 Å². The maximum Gasteiger partial charge on any atom is 0.411 e. The number of ether oxygens (including phenoxy) is 1. The summed E-state index contributed by atoms with van der Waals surface area (Å²) in [6.07, 6.45) is -5.70. The van der Waals surface area contributed by atoms with Crippen LogP contribution < -0.4 is 21.9 Å². The number of aromatic nitrogens is 2. The molecule has 0 aliphatic carbocycles. The van der Waals surface area contributed by atoms with Crippen molar-refractivity contribution in [2.75, 3.05) is 23.8 Å². The minimum atomic E-state index is -4.61. The van der Waals surface area contributed by atoms with Crippen LogP contribution in [0.15, 0.2) is 39.9 Å². The van der Waals surface area contributed by atoms with E-state index in [2.05, 4.69) is 9.72 Å². The molecule has 1 unspecified atom stereocenters. The monoisotopic (exact) mass is 428 g/mol. The van der Waals surface area contributed by atoms with Gasteiger partial charge in [0.05, 0.1) is 6.54 Å². The van der Waals surface area contributed by atoms with Crippen molar-refractivity contribution in [3.63, 3.8) is 0 Å². The molecule has 0 saturated carbocycles.